The fraction of sp³-hybridized carbons (Fsp3) is 0.143. The number of hydrogen-bond donors (Lipinski definition) is 1. The molecule has 0 saturated carbocycles. The Morgan fingerprint density at radius 2 is 1.96 bits per heavy atom. The first-order valence-corrected chi connectivity index (χ1v) is 9.50. The van der Waals surface area contributed by atoms with Crippen LogP contribution >= 0.6 is 11.3 Å². The van der Waals surface area contributed by atoms with Gasteiger partial charge in [-0.15, -0.1) is 11.3 Å². The maximum Gasteiger partial charge on any atom is 0.268 e. The smallest absolute Gasteiger partial charge is 0.268 e. The van der Waals surface area contributed by atoms with Gasteiger partial charge in [0, 0.05) is 11.8 Å². The van der Waals surface area contributed by atoms with Crippen molar-refractivity contribution >= 4 is 34.5 Å². The number of carbonyl (C=O) groups is 2. The first-order valence-electron chi connectivity index (χ1n) is 8.62. The topological polar surface area (TPSA) is 58.6 Å². The molecule has 1 aliphatic rings. The Morgan fingerprint density at radius 3 is 2.70 bits per heavy atom. The number of thiophene rings is 1. The summed E-state index contributed by atoms with van der Waals surface area (Å²) < 4.78 is 5.79. The number of fused-ring (bicyclic) bond motifs is 1. The van der Waals surface area contributed by atoms with Gasteiger partial charge in [-0.05, 0) is 36.1 Å². The number of benzene rings is 2. The van der Waals surface area contributed by atoms with E-state index < -0.39 is 6.10 Å². The summed E-state index contributed by atoms with van der Waals surface area (Å²) in [6.45, 7) is 2.21. The van der Waals surface area contributed by atoms with Crippen LogP contribution in [-0.2, 0) is 11.3 Å². The second-order valence-electron chi connectivity index (χ2n) is 6.28. The van der Waals surface area contributed by atoms with Gasteiger partial charge in [0.05, 0.1) is 17.1 Å². The van der Waals surface area contributed by atoms with Crippen molar-refractivity contribution in [2.75, 3.05) is 10.2 Å². The van der Waals surface area contributed by atoms with Crippen molar-refractivity contribution in [2.45, 2.75) is 19.6 Å². The van der Waals surface area contributed by atoms with Crippen LogP contribution in [0, 0.1) is 0 Å². The molecule has 0 spiro atoms. The highest BCUT2D eigenvalue weighted by Gasteiger charge is 2.31. The van der Waals surface area contributed by atoms with Crippen LogP contribution < -0.4 is 15.0 Å². The Morgan fingerprint density at radius 1 is 1.15 bits per heavy atom. The van der Waals surface area contributed by atoms with E-state index in [1.54, 1.807) is 30.0 Å². The van der Waals surface area contributed by atoms with Gasteiger partial charge < -0.3 is 15.0 Å². The van der Waals surface area contributed by atoms with Crippen molar-refractivity contribution in [3.05, 3.63) is 76.5 Å². The van der Waals surface area contributed by atoms with E-state index in [9.17, 15) is 9.59 Å². The molecule has 27 heavy (non-hydrogen) atoms. The summed E-state index contributed by atoms with van der Waals surface area (Å²) in [6.07, 6.45) is -0.579. The number of hydrogen-bond acceptors (Lipinski definition) is 4. The van der Waals surface area contributed by atoms with Crippen LogP contribution in [0.3, 0.4) is 0 Å². The second-order valence-corrected chi connectivity index (χ2v) is 7.23. The zero-order valence-electron chi connectivity index (χ0n) is 14.7. The lowest BCUT2D eigenvalue weighted by Crippen LogP contribution is -2.44. The molecule has 2 aromatic carbocycles. The highest BCUT2D eigenvalue weighted by atomic mass is 32.1. The van der Waals surface area contributed by atoms with E-state index in [1.807, 2.05) is 47.8 Å². The van der Waals surface area contributed by atoms with Crippen LogP contribution in [0.15, 0.2) is 66.0 Å². The maximum absolute atomic E-state index is 12.6. The van der Waals surface area contributed by atoms with Crippen molar-refractivity contribution in [2.24, 2.45) is 0 Å². The van der Waals surface area contributed by atoms with Crippen LogP contribution in [0.2, 0.25) is 0 Å². The molecule has 0 fully saturated rings. The normalized spacial score (nSPS) is 15.8. The molecule has 1 aromatic heterocycles. The van der Waals surface area contributed by atoms with Crippen LogP contribution in [-0.4, -0.2) is 17.9 Å². The molecule has 0 bridgehead atoms. The summed E-state index contributed by atoms with van der Waals surface area (Å²) in [7, 11) is 0. The van der Waals surface area contributed by atoms with Gasteiger partial charge in [0.2, 0.25) is 0 Å². The van der Waals surface area contributed by atoms with E-state index in [4.69, 9.17) is 4.74 Å². The zero-order valence-corrected chi connectivity index (χ0v) is 15.5. The minimum atomic E-state index is -0.579. The molecule has 1 N–H and O–H groups in total. The Balaban J connectivity index is 1.61. The van der Waals surface area contributed by atoms with Gasteiger partial charge in [-0.25, -0.2) is 0 Å². The van der Waals surface area contributed by atoms with Crippen LogP contribution in [0.25, 0.3) is 0 Å². The third-order valence-corrected chi connectivity index (χ3v) is 5.22. The number of carbonyl (C=O) groups excluding carboxylic acids is 2. The summed E-state index contributed by atoms with van der Waals surface area (Å²) in [5.74, 6) is 0.342. The first-order chi connectivity index (χ1) is 13.1. The van der Waals surface area contributed by atoms with Gasteiger partial charge in [-0.1, -0.05) is 36.4 Å². The molecule has 4 rings (SSSR count). The highest BCUT2D eigenvalue weighted by Crippen LogP contribution is 2.37. The van der Waals surface area contributed by atoms with E-state index in [0.717, 1.165) is 5.56 Å². The van der Waals surface area contributed by atoms with Crippen molar-refractivity contribution < 1.29 is 14.3 Å². The Kier molecular flexibility index (Phi) is 4.64. The molecule has 5 nitrogen and oxygen atoms in total. The first kappa shape index (κ1) is 17.3. The number of nitrogens with zero attached hydrogens (tertiary/aromatic N) is 1. The van der Waals surface area contributed by atoms with Gasteiger partial charge in [-0.3, -0.25) is 9.59 Å². The molecule has 2 amide bonds. The molecule has 136 valence electrons. The predicted molar refractivity (Wildman–Crippen MR) is 106 cm³/mol. The number of nitrogens with one attached hydrogen (secondary N) is 1. The monoisotopic (exact) mass is 378 g/mol. The summed E-state index contributed by atoms with van der Waals surface area (Å²) in [4.78, 5) is 27.3. The second kappa shape index (κ2) is 7.25. The van der Waals surface area contributed by atoms with Gasteiger partial charge in [0.25, 0.3) is 11.8 Å². The molecule has 6 heteroatoms. The van der Waals surface area contributed by atoms with E-state index in [1.165, 1.54) is 11.3 Å². The number of rotatable bonds is 4. The largest absolute Gasteiger partial charge is 0.479 e. The van der Waals surface area contributed by atoms with Crippen molar-refractivity contribution in [1.82, 2.24) is 0 Å². The van der Waals surface area contributed by atoms with Crippen LogP contribution in [0.4, 0.5) is 11.4 Å². The van der Waals surface area contributed by atoms with E-state index >= 15 is 0 Å². The summed E-state index contributed by atoms with van der Waals surface area (Å²) in [5.41, 5.74) is 2.38. The molecule has 2 heterocycles. The average molecular weight is 378 g/mol. The molecule has 3 aromatic rings. The molecule has 1 atom stereocenters. The maximum atomic E-state index is 12.6. The summed E-state index contributed by atoms with van der Waals surface area (Å²) >= 11 is 1.39. The van der Waals surface area contributed by atoms with Crippen molar-refractivity contribution in [3.8, 4) is 5.75 Å². The lowest BCUT2D eigenvalue weighted by Gasteiger charge is -2.33. The van der Waals surface area contributed by atoms with Crippen molar-refractivity contribution in [3.63, 3.8) is 0 Å². The van der Waals surface area contributed by atoms with Crippen LogP contribution in [0.1, 0.15) is 22.2 Å². The molecule has 0 aliphatic carbocycles. The van der Waals surface area contributed by atoms with E-state index in [2.05, 4.69) is 5.32 Å². The Bertz CT molecular complexity index is 970. The van der Waals surface area contributed by atoms with Crippen molar-refractivity contribution in [1.29, 1.82) is 0 Å². The number of amides is 2. The minimum absolute atomic E-state index is 0.0817. The lowest BCUT2D eigenvalue weighted by atomic mass is 10.1. The van der Waals surface area contributed by atoms with Gasteiger partial charge in [0.15, 0.2) is 6.10 Å². The Labute approximate surface area is 161 Å². The fourth-order valence-corrected chi connectivity index (χ4v) is 3.64. The van der Waals surface area contributed by atoms with E-state index in [-0.39, 0.29) is 11.8 Å². The quantitative estimate of drug-likeness (QED) is 0.736. The molecule has 0 saturated heterocycles. The minimum Gasteiger partial charge on any atom is -0.479 e. The summed E-state index contributed by atoms with van der Waals surface area (Å²) in [6, 6.07) is 18.8. The highest BCUT2D eigenvalue weighted by molar-refractivity contribution is 7.12. The third-order valence-electron chi connectivity index (χ3n) is 4.35. The van der Waals surface area contributed by atoms with Gasteiger partial charge >= 0.3 is 0 Å². The molecular formula is C21H18N2O3S. The summed E-state index contributed by atoms with van der Waals surface area (Å²) in [5, 5.41) is 4.73. The van der Waals surface area contributed by atoms with E-state index in [0.29, 0.717) is 28.5 Å². The SMILES string of the molecule is CC1Oc2cc(NC(=O)c3cccs3)ccc2N(Cc2ccccc2)C1=O. The standard InChI is InChI=1S/C21H18N2O3S/c1-14-21(25)23(13-15-6-3-2-4-7-15)17-10-9-16(12-18(17)26-14)22-20(24)19-8-5-11-27-19/h2-12,14H,13H2,1H3,(H,22,24). The van der Waals surface area contributed by atoms with Gasteiger partial charge in [-0.2, -0.15) is 0 Å². The predicted octanol–water partition coefficient (Wildman–Crippen LogP) is 4.31. The molecule has 1 unspecified atom stereocenters. The number of ether oxygens (including phenoxy) is 1. The molecule has 0 radical (unpaired) electrons. The molecular weight excluding hydrogens is 360 g/mol. The average Bonchev–Trinajstić information content (AvgIpc) is 3.21. The Hall–Kier alpha value is -3.12. The lowest BCUT2D eigenvalue weighted by molar-refractivity contribution is -0.125. The zero-order chi connectivity index (χ0) is 18.8. The van der Waals surface area contributed by atoms with Crippen LogP contribution in [0.5, 0.6) is 5.75 Å². The molecule has 1 aliphatic heterocycles. The fourth-order valence-electron chi connectivity index (χ4n) is 3.02. The van der Waals surface area contributed by atoms with Gasteiger partial charge in [0.1, 0.15) is 5.75 Å². The number of anilines is 2. The third kappa shape index (κ3) is 3.57.